The number of hydrogen-bond acceptors (Lipinski definition) is 4. The Morgan fingerprint density at radius 3 is 2.61 bits per heavy atom. The zero-order valence-electron chi connectivity index (χ0n) is 17.0. The summed E-state index contributed by atoms with van der Waals surface area (Å²) in [6, 6.07) is 11.3. The van der Waals surface area contributed by atoms with Gasteiger partial charge < -0.3 is 15.1 Å². The molecule has 0 bridgehead atoms. The van der Waals surface area contributed by atoms with Gasteiger partial charge in [-0.15, -0.1) is 11.3 Å². The van der Waals surface area contributed by atoms with Crippen molar-refractivity contribution in [2.24, 2.45) is 5.92 Å². The van der Waals surface area contributed by atoms with Crippen molar-refractivity contribution < 1.29 is 9.59 Å². The highest BCUT2D eigenvalue weighted by molar-refractivity contribution is 7.10. The molecule has 1 N–H and O–H groups in total. The molecule has 1 aliphatic heterocycles. The Labute approximate surface area is 171 Å². The molecular formula is C22H29N3O2S. The van der Waals surface area contributed by atoms with Crippen LogP contribution in [0.15, 0.2) is 41.8 Å². The third kappa shape index (κ3) is 4.28. The first-order chi connectivity index (χ1) is 13.4. The van der Waals surface area contributed by atoms with Crippen LogP contribution in [0.5, 0.6) is 0 Å². The number of fused-ring (bicyclic) bond motifs is 1. The lowest BCUT2D eigenvalue weighted by Crippen LogP contribution is -2.48. The number of hydrogen-bond donors (Lipinski definition) is 1. The van der Waals surface area contributed by atoms with Crippen molar-refractivity contribution in [2.45, 2.75) is 25.8 Å². The maximum absolute atomic E-state index is 13.3. The smallest absolute Gasteiger partial charge is 0.254 e. The van der Waals surface area contributed by atoms with Crippen molar-refractivity contribution in [3.05, 3.63) is 57.8 Å². The fraction of sp³-hybridized carbons (Fsp3) is 0.455. The second-order valence-electron chi connectivity index (χ2n) is 7.97. The minimum Gasteiger partial charge on any atom is -0.354 e. The predicted octanol–water partition coefficient (Wildman–Crippen LogP) is 3.36. The van der Waals surface area contributed by atoms with Gasteiger partial charge in [-0.05, 0) is 43.1 Å². The molecule has 28 heavy (non-hydrogen) atoms. The molecule has 1 aromatic carbocycles. The number of carbonyl (C=O) groups is 2. The predicted molar refractivity (Wildman–Crippen MR) is 114 cm³/mol. The number of carbonyl (C=O) groups excluding carboxylic acids is 2. The van der Waals surface area contributed by atoms with Crippen LogP contribution in [0.1, 0.15) is 46.6 Å². The molecule has 0 saturated heterocycles. The van der Waals surface area contributed by atoms with Gasteiger partial charge in [0.2, 0.25) is 5.91 Å². The first-order valence-electron chi connectivity index (χ1n) is 9.76. The largest absolute Gasteiger partial charge is 0.354 e. The normalized spacial score (nSPS) is 19.2. The molecule has 1 aromatic heterocycles. The maximum Gasteiger partial charge on any atom is 0.254 e. The zero-order valence-corrected chi connectivity index (χ0v) is 17.8. The summed E-state index contributed by atoms with van der Waals surface area (Å²) in [5.41, 5.74) is 1.47. The van der Waals surface area contributed by atoms with Crippen LogP contribution >= 0.6 is 11.3 Å². The van der Waals surface area contributed by atoms with Crippen LogP contribution in [0.4, 0.5) is 0 Å². The Morgan fingerprint density at radius 2 is 1.96 bits per heavy atom. The van der Waals surface area contributed by atoms with Gasteiger partial charge in [-0.3, -0.25) is 9.59 Å². The monoisotopic (exact) mass is 399 g/mol. The SMILES string of the molecule is CC(C)CN1C(=O)c2ccccc2[C@H](C(=O)NCCN(C)C)[C@H]1c1cccs1. The molecule has 0 radical (unpaired) electrons. The van der Waals surface area contributed by atoms with Gasteiger partial charge in [0.15, 0.2) is 0 Å². The Morgan fingerprint density at radius 1 is 1.21 bits per heavy atom. The van der Waals surface area contributed by atoms with E-state index < -0.39 is 5.92 Å². The van der Waals surface area contributed by atoms with Gasteiger partial charge in [-0.1, -0.05) is 38.1 Å². The molecule has 0 aliphatic carbocycles. The van der Waals surface area contributed by atoms with E-state index >= 15 is 0 Å². The van der Waals surface area contributed by atoms with Crippen LogP contribution in [0, 0.1) is 5.92 Å². The topological polar surface area (TPSA) is 52.7 Å². The molecule has 0 fully saturated rings. The van der Waals surface area contributed by atoms with E-state index in [1.165, 1.54) is 0 Å². The number of nitrogens with zero attached hydrogens (tertiary/aromatic N) is 2. The van der Waals surface area contributed by atoms with Crippen molar-refractivity contribution in [1.29, 1.82) is 0 Å². The van der Waals surface area contributed by atoms with Gasteiger partial charge in [0.25, 0.3) is 5.91 Å². The fourth-order valence-corrected chi connectivity index (χ4v) is 4.63. The molecule has 1 aliphatic rings. The van der Waals surface area contributed by atoms with Crippen LogP contribution < -0.4 is 5.32 Å². The highest BCUT2D eigenvalue weighted by Gasteiger charge is 2.44. The molecule has 5 nitrogen and oxygen atoms in total. The van der Waals surface area contributed by atoms with Crippen LogP contribution in [0.2, 0.25) is 0 Å². The minimum absolute atomic E-state index is 0.0139. The maximum atomic E-state index is 13.3. The summed E-state index contributed by atoms with van der Waals surface area (Å²) in [4.78, 5) is 31.6. The van der Waals surface area contributed by atoms with E-state index in [1.54, 1.807) is 11.3 Å². The van der Waals surface area contributed by atoms with Crippen molar-refractivity contribution in [3.8, 4) is 0 Å². The first-order valence-corrected chi connectivity index (χ1v) is 10.6. The second kappa shape index (κ2) is 8.88. The number of thiophene rings is 1. The summed E-state index contributed by atoms with van der Waals surface area (Å²) < 4.78 is 0. The van der Waals surface area contributed by atoms with Crippen LogP contribution in [0.3, 0.4) is 0 Å². The van der Waals surface area contributed by atoms with E-state index in [9.17, 15) is 9.59 Å². The number of likely N-dealkylation sites (N-methyl/N-ethyl adjacent to an activating group) is 1. The van der Waals surface area contributed by atoms with E-state index in [0.717, 1.165) is 17.0 Å². The van der Waals surface area contributed by atoms with Crippen molar-refractivity contribution in [3.63, 3.8) is 0 Å². The Balaban J connectivity index is 2.04. The number of benzene rings is 1. The van der Waals surface area contributed by atoms with Gasteiger partial charge in [0.1, 0.15) is 0 Å². The van der Waals surface area contributed by atoms with Gasteiger partial charge in [0, 0.05) is 30.1 Å². The van der Waals surface area contributed by atoms with Crippen molar-refractivity contribution in [1.82, 2.24) is 15.1 Å². The van der Waals surface area contributed by atoms with Crippen molar-refractivity contribution in [2.75, 3.05) is 33.7 Å². The Bertz CT molecular complexity index is 817. The molecule has 2 aromatic rings. The fourth-order valence-electron chi connectivity index (χ4n) is 3.76. The minimum atomic E-state index is -0.409. The first kappa shape index (κ1) is 20.6. The lowest BCUT2D eigenvalue weighted by Gasteiger charge is -2.42. The summed E-state index contributed by atoms with van der Waals surface area (Å²) in [6.45, 7) is 6.19. The van der Waals surface area contributed by atoms with E-state index in [0.29, 0.717) is 24.6 Å². The second-order valence-corrected chi connectivity index (χ2v) is 8.95. The van der Waals surface area contributed by atoms with Gasteiger partial charge in [0.05, 0.1) is 12.0 Å². The lowest BCUT2D eigenvalue weighted by molar-refractivity contribution is -0.124. The molecule has 2 atom stereocenters. The third-order valence-electron chi connectivity index (χ3n) is 4.98. The summed E-state index contributed by atoms with van der Waals surface area (Å²) >= 11 is 1.60. The molecule has 2 amide bonds. The molecule has 3 rings (SSSR count). The van der Waals surface area contributed by atoms with Crippen LogP contribution in [0.25, 0.3) is 0 Å². The van der Waals surface area contributed by atoms with Crippen LogP contribution in [-0.2, 0) is 4.79 Å². The van der Waals surface area contributed by atoms with E-state index in [2.05, 4.69) is 19.2 Å². The van der Waals surface area contributed by atoms with E-state index in [1.807, 2.05) is 65.7 Å². The van der Waals surface area contributed by atoms with Gasteiger partial charge in [-0.25, -0.2) is 0 Å². The Kier molecular flexibility index (Phi) is 6.52. The zero-order chi connectivity index (χ0) is 20.3. The molecule has 6 heteroatoms. The van der Waals surface area contributed by atoms with Crippen molar-refractivity contribution >= 4 is 23.2 Å². The summed E-state index contributed by atoms with van der Waals surface area (Å²) in [6.07, 6.45) is 0. The highest BCUT2D eigenvalue weighted by atomic mass is 32.1. The third-order valence-corrected chi connectivity index (χ3v) is 5.92. The molecular weight excluding hydrogens is 370 g/mol. The molecule has 0 spiro atoms. The summed E-state index contributed by atoms with van der Waals surface area (Å²) in [5, 5.41) is 5.10. The quantitative estimate of drug-likeness (QED) is 0.777. The molecule has 150 valence electrons. The molecule has 2 heterocycles. The summed E-state index contributed by atoms with van der Waals surface area (Å²) in [5.74, 6) is -0.100. The highest BCUT2D eigenvalue weighted by Crippen LogP contribution is 2.44. The molecule has 0 saturated carbocycles. The Hall–Kier alpha value is -2.18. The summed E-state index contributed by atoms with van der Waals surface area (Å²) in [7, 11) is 3.97. The average Bonchev–Trinajstić information content (AvgIpc) is 3.17. The standard InChI is InChI=1S/C22H29N3O2S/c1-15(2)14-25-20(18-10-7-13-28-18)19(21(26)23-11-12-24(3)4)16-8-5-6-9-17(16)22(25)27/h5-10,13,15,19-20H,11-12,14H2,1-4H3,(H,23,26)/t19-,20+/m0/s1. The lowest BCUT2D eigenvalue weighted by atomic mass is 9.81. The molecule has 0 unspecified atom stereocenters. The number of nitrogens with one attached hydrogen (secondary N) is 1. The van der Waals surface area contributed by atoms with Gasteiger partial charge in [-0.2, -0.15) is 0 Å². The van der Waals surface area contributed by atoms with Gasteiger partial charge >= 0.3 is 0 Å². The van der Waals surface area contributed by atoms with E-state index in [4.69, 9.17) is 0 Å². The van der Waals surface area contributed by atoms with E-state index in [-0.39, 0.29) is 17.9 Å². The number of amides is 2. The number of rotatable bonds is 7. The van der Waals surface area contributed by atoms with Crippen LogP contribution in [-0.4, -0.2) is 55.3 Å². The average molecular weight is 400 g/mol.